The number of esters is 1. The molecule has 0 fully saturated rings. The van der Waals surface area contributed by atoms with Crippen molar-refractivity contribution in [2.45, 2.75) is 20.3 Å². The number of methoxy groups -OCH3 is 1. The minimum Gasteiger partial charge on any atom is -0.469 e. The Balaban J connectivity index is 0. The summed E-state index contributed by atoms with van der Waals surface area (Å²) in [5.74, 6) is -0.674. The highest BCUT2D eigenvalue weighted by Crippen LogP contribution is 2.01. The lowest BCUT2D eigenvalue weighted by Crippen LogP contribution is -2.16. The van der Waals surface area contributed by atoms with Crippen LogP contribution < -0.4 is 0 Å². The zero-order chi connectivity index (χ0) is 11.6. The molecule has 0 bridgehead atoms. The summed E-state index contributed by atoms with van der Waals surface area (Å²) in [4.78, 5) is 20.1. The molecule has 0 aliphatic carbocycles. The number of aliphatic hydroxyl groups excluding tert-OH is 2. The van der Waals surface area contributed by atoms with Gasteiger partial charge in [-0.25, -0.2) is 0 Å². The largest absolute Gasteiger partial charge is 0.469 e. The van der Waals surface area contributed by atoms with Crippen LogP contribution in [-0.2, 0) is 14.3 Å². The number of ketones is 1. The quantitative estimate of drug-likeness (QED) is 0.619. The van der Waals surface area contributed by atoms with E-state index in [1.807, 2.05) is 0 Å². The normalized spacial score (nSPS) is 10.9. The van der Waals surface area contributed by atoms with E-state index in [2.05, 4.69) is 4.74 Å². The van der Waals surface area contributed by atoms with Crippen LogP contribution in [-0.4, -0.2) is 42.3 Å². The molecule has 0 amide bonds. The fourth-order valence-corrected chi connectivity index (χ4v) is 0.579. The molecule has 84 valence electrons. The Morgan fingerprint density at radius 2 is 1.71 bits per heavy atom. The van der Waals surface area contributed by atoms with Gasteiger partial charge in [-0.05, 0) is 13.3 Å². The number of carbonyl (C=O) groups excluding carboxylic acids is 2. The van der Waals surface area contributed by atoms with E-state index in [0.717, 1.165) is 0 Å². The molecule has 1 unspecified atom stereocenters. The summed E-state index contributed by atoms with van der Waals surface area (Å²) < 4.78 is 4.11. The van der Waals surface area contributed by atoms with E-state index in [0.29, 0.717) is 6.42 Å². The molecule has 0 radical (unpaired) electrons. The van der Waals surface area contributed by atoms with Crippen LogP contribution in [0.2, 0.25) is 0 Å². The average Bonchev–Trinajstić information content (AvgIpc) is 2.14. The van der Waals surface area contributed by atoms with E-state index in [4.69, 9.17) is 10.2 Å². The first-order valence-electron chi connectivity index (χ1n) is 4.26. The topological polar surface area (TPSA) is 83.8 Å². The van der Waals surface area contributed by atoms with E-state index in [1.165, 1.54) is 21.0 Å². The number of hydrogen-bond acceptors (Lipinski definition) is 5. The van der Waals surface area contributed by atoms with Gasteiger partial charge in [-0.1, -0.05) is 0 Å². The fourth-order valence-electron chi connectivity index (χ4n) is 0.579. The third-order valence-electron chi connectivity index (χ3n) is 1.56. The Hall–Kier alpha value is -0.940. The second-order valence-electron chi connectivity index (χ2n) is 2.70. The van der Waals surface area contributed by atoms with Gasteiger partial charge in [0.1, 0.15) is 5.78 Å². The lowest BCUT2D eigenvalue weighted by Gasteiger charge is -2.05. The van der Waals surface area contributed by atoms with Crippen LogP contribution in [0.25, 0.3) is 0 Å². The molecule has 0 aliphatic heterocycles. The van der Waals surface area contributed by atoms with Gasteiger partial charge in [0.15, 0.2) is 0 Å². The standard InChI is InChI=1S/C6H12O3.C3H6O2/c1-5(9)6(4-8)2-3-7;1-3(4)5-2/h6-8H,2-4H2,1H3;1-2H3. The van der Waals surface area contributed by atoms with Gasteiger partial charge in [-0.3, -0.25) is 9.59 Å². The summed E-state index contributed by atoms with van der Waals surface area (Å²) in [6.07, 6.45) is 0.367. The van der Waals surface area contributed by atoms with E-state index in [-0.39, 0.29) is 30.9 Å². The van der Waals surface area contributed by atoms with Crippen molar-refractivity contribution in [3.63, 3.8) is 0 Å². The Morgan fingerprint density at radius 3 is 1.79 bits per heavy atom. The maximum atomic E-state index is 10.5. The first-order valence-corrected chi connectivity index (χ1v) is 4.26. The third kappa shape index (κ3) is 11.1. The lowest BCUT2D eigenvalue weighted by atomic mass is 10.0. The summed E-state index contributed by atoms with van der Waals surface area (Å²) in [6.45, 7) is 2.58. The van der Waals surface area contributed by atoms with Crippen molar-refractivity contribution in [3.8, 4) is 0 Å². The highest BCUT2D eigenvalue weighted by molar-refractivity contribution is 5.78. The molecule has 0 aromatic rings. The zero-order valence-electron chi connectivity index (χ0n) is 8.82. The molecular weight excluding hydrogens is 188 g/mol. The summed E-state index contributed by atoms with van der Waals surface area (Å²) in [5.41, 5.74) is 0. The van der Waals surface area contributed by atoms with Gasteiger partial charge in [0.25, 0.3) is 0 Å². The summed E-state index contributed by atoms with van der Waals surface area (Å²) in [5, 5.41) is 16.8. The van der Waals surface area contributed by atoms with Crippen LogP contribution in [0.1, 0.15) is 20.3 Å². The molecule has 0 saturated heterocycles. The molecule has 2 N–H and O–H groups in total. The molecule has 0 heterocycles. The molecule has 1 atom stereocenters. The van der Waals surface area contributed by atoms with Crippen molar-refractivity contribution in [3.05, 3.63) is 0 Å². The van der Waals surface area contributed by atoms with Crippen LogP contribution in [0.5, 0.6) is 0 Å². The minimum atomic E-state index is -0.366. The van der Waals surface area contributed by atoms with Crippen molar-refractivity contribution >= 4 is 11.8 Å². The average molecular weight is 206 g/mol. The first kappa shape index (κ1) is 15.5. The van der Waals surface area contributed by atoms with Crippen molar-refractivity contribution in [2.24, 2.45) is 5.92 Å². The Bertz CT molecular complexity index is 167. The van der Waals surface area contributed by atoms with Crippen LogP contribution in [0.15, 0.2) is 0 Å². The first-order chi connectivity index (χ1) is 6.49. The van der Waals surface area contributed by atoms with Crippen LogP contribution in [0, 0.1) is 5.92 Å². The van der Waals surface area contributed by atoms with Crippen molar-refractivity contribution in [2.75, 3.05) is 20.3 Å². The predicted octanol–water partition coefficient (Wildman–Crippen LogP) is -0.254. The predicted molar refractivity (Wildman–Crippen MR) is 50.6 cm³/mol. The SMILES string of the molecule is CC(=O)C(CO)CCO.COC(C)=O. The number of Topliss-reactive ketones (excluding diaryl/α,β-unsaturated/α-hetero) is 1. The van der Waals surface area contributed by atoms with Gasteiger partial charge in [-0.15, -0.1) is 0 Å². The van der Waals surface area contributed by atoms with E-state index in [9.17, 15) is 9.59 Å². The fraction of sp³-hybridized carbons (Fsp3) is 0.778. The molecule has 0 rings (SSSR count). The van der Waals surface area contributed by atoms with E-state index >= 15 is 0 Å². The van der Waals surface area contributed by atoms with Crippen molar-refractivity contribution in [1.29, 1.82) is 0 Å². The molecule has 5 nitrogen and oxygen atoms in total. The summed E-state index contributed by atoms with van der Waals surface area (Å²) >= 11 is 0. The minimum absolute atomic E-state index is 0.0369. The third-order valence-corrected chi connectivity index (χ3v) is 1.56. The highest BCUT2D eigenvalue weighted by Gasteiger charge is 2.10. The summed E-state index contributed by atoms with van der Waals surface area (Å²) in [7, 11) is 1.35. The number of hydrogen-bond donors (Lipinski definition) is 2. The van der Waals surface area contributed by atoms with E-state index < -0.39 is 0 Å². The molecule has 14 heavy (non-hydrogen) atoms. The molecule has 0 spiro atoms. The molecule has 0 aromatic heterocycles. The highest BCUT2D eigenvalue weighted by atomic mass is 16.5. The maximum Gasteiger partial charge on any atom is 0.302 e. The lowest BCUT2D eigenvalue weighted by molar-refractivity contribution is -0.138. The second kappa shape index (κ2) is 10.1. The van der Waals surface area contributed by atoms with Crippen molar-refractivity contribution < 1.29 is 24.5 Å². The van der Waals surface area contributed by atoms with Crippen LogP contribution >= 0.6 is 0 Å². The van der Waals surface area contributed by atoms with Gasteiger partial charge < -0.3 is 14.9 Å². The number of ether oxygens (including phenoxy) is 1. The molecule has 5 heteroatoms. The Morgan fingerprint density at radius 1 is 1.29 bits per heavy atom. The van der Waals surface area contributed by atoms with Gasteiger partial charge in [0.2, 0.25) is 0 Å². The smallest absolute Gasteiger partial charge is 0.302 e. The monoisotopic (exact) mass is 206 g/mol. The molecular formula is C9H18O5. The maximum absolute atomic E-state index is 10.5. The zero-order valence-corrected chi connectivity index (χ0v) is 8.82. The molecule has 0 aliphatic rings. The van der Waals surface area contributed by atoms with Gasteiger partial charge in [-0.2, -0.15) is 0 Å². The Labute approximate surface area is 83.7 Å². The second-order valence-corrected chi connectivity index (χ2v) is 2.70. The number of carbonyl (C=O) groups is 2. The van der Waals surface area contributed by atoms with Gasteiger partial charge in [0, 0.05) is 19.4 Å². The molecule has 0 aromatic carbocycles. The number of rotatable bonds is 4. The van der Waals surface area contributed by atoms with Crippen LogP contribution in [0.4, 0.5) is 0 Å². The number of aliphatic hydroxyl groups is 2. The van der Waals surface area contributed by atoms with E-state index in [1.54, 1.807) is 0 Å². The van der Waals surface area contributed by atoms with Gasteiger partial charge in [0.05, 0.1) is 13.7 Å². The Kier molecular flexibility index (Phi) is 11.3. The summed E-state index contributed by atoms with van der Waals surface area (Å²) in [6, 6.07) is 0. The van der Waals surface area contributed by atoms with Crippen molar-refractivity contribution in [1.82, 2.24) is 0 Å². The molecule has 0 saturated carbocycles. The van der Waals surface area contributed by atoms with Crippen LogP contribution in [0.3, 0.4) is 0 Å². The van der Waals surface area contributed by atoms with Gasteiger partial charge >= 0.3 is 5.97 Å².